The van der Waals surface area contributed by atoms with Gasteiger partial charge in [-0.1, -0.05) is 13.8 Å². The van der Waals surface area contributed by atoms with Crippen LogP contribution in [0.1, 0.15) is 43.8 Å². The van der Waals surface area contributed by atoms with E-state index in [1.165, 1.54) is 0 Å². The van der Waals surface area contributed by atoms with Crippen LogP contribution in [0.3, 0.4) is 0 Å². The van der Waals surface area contributed by atoms with E-state index in [-0.39, 0.29) is 5.41 Å². The molecule has 0 aliphatic carbocycles. The minimum atomic E-state index is -3.50. The lowest BCUT2D eigenvalue weighted by molar-refractivity contribution is 0.186. The van der Waals surface area contributed by atoms with Crippen LogP contribution in [0.25, 0.3) is 0 Å². The Labute approximate surface area is 127 Å². The molecule has 5 nitrogen and oxygen atoms in total. The molecule has 2 rings (SSSR count). The first-order chi connectivity index (χ1) is 9.69. The molecule has 120 valence electrons. The van der Waals surface area contributed by atoms with E-state index in [9.17, 15) is 8.42 Å². The lowest BCUT2D eigenvalue weighted by Crippen LogP contribution is -2.43. The molecule has 21 heavy (non-hydrogen) atoms. The van der Waals surface area contributed by atoms with Crippen molar-refractivity contribution in [1.82, 2.24) is 9.62 Å². The molecule has 0 saturated carbocycles. The highest BCUT2D eigenvalue weighted by atomic mass is 32.2. The number of hydrogen-bond acceptors (Lipinski definition) is 4. The molecule has 0 atom stereocenters. The molecule has 1 fully saturated rings. The predicted octanol–water partition coefficient (Wildman–Crippen LogP) is 2.43. The van der Waals surface area contributed by atoms with Crippen molar-refractivity contribution < 1.29 is 12.8 Å². The fourth-order valence-electron chi connectivity index (χ4n) is 3.13. The predicted molar refractivity (Wildman–Crippen MR) is 82.7 cm³/mol. The van der Waals surface area contributed by atoms with E-state index >= 15 is 0 Å². The minimum Gasteiger partial charge on any atom is -0.465 e. The summed E-state index contributed by atoms with van der Waals surface area (Å²) in [5, 5.41) is 3.03. The summed E-state index contributed by atoms with van der Waals surface area (Å²) in [5.74, 6) is 1.16. The fourth-order valence-corrected chi connectivity index (χ4v) is 5.21. The number of furan rings is 1. The molecule has 2 heterocycles. The van der Waals surface area contributed by atoms with Crippen molar-refractivity contribution in [1.29, 1.82) is 0 Å². The Bertz CT molecular complexity index is 617. The van der Waals surface area contributed by atoms with Gasteiger partial charge < -0.3 is 9.73 Å². The molecule has 0 amide bonds. The van der Waals surface area contributed by atoms with Crippen LogP contribution in [-0.2, 0) is 16.6 Å². The van der Waals surface area contributed by atoms with Gasteiger partial charge in [0.25, 0.3) is 0 Å². The smallest absolute Gasteiger partial charge is 0.246 e. The van der Waals surface area contributed by atoms with E-state index in [0.29, 0.717) is 36.1 Å². The van der Waals surface area contributed by atoms with Crippen molar-refractivity contribution in [3.63, 3.8) is 0 Å². The Morgan fingerprint density at radius 1 is 1.29 bits per heavy atom. The average Bonchev–Trinajstić information content (AvgIpc) is 2.64. The van der Waals surface area contributed by atoms with Gasteiger partial charge in [0.2, 0.25) is 10.0 Å². The lowest BCUT2D eigenvalue weighted by Gasteiger charge is -2.37. The van der Waals surface area contributed by atoms with E-state index in [4.69, 9.17) is 4.42 Å². The summed E-state index contributed by atoms with van der Waals surface area (Å²) in [6, 6.07) is 0. The minimum absolute atomic E-state index is 0.0289. The summed E-state index contributed by atoms with van der Waals surface area (Å²) >= 11 is 0. The van der Waals surface area contributed by atoms with E-state index in [1.807, 2.05) is 14.0 Å². The third-order valence-corrected chi connectivity index (χ3v) is 6.18. The van der Waals surface area contributed by atoms with Crippen LogP contribution < -0.4 is 5.32 Å². The molecule has 0 radical (unpaired) electrons. The SMILES string of the molecule is CNCc1c(C)oc(C)c1S(=O)(=O)N1CCCC(C)(C)C1. The molecule has 1 aliphatic heterocycles. The normalized spacial score (nSPS) is 19.9. The van der Waals surface area contributed by atoms with Gasteiger partial charge in [0, 0.05) is 25.2 Å². The molecular formula is C15H26N2O3S. The highest BCUT2D eigenvalue weighted by Gasteiger charge is 2.37. The summed E-state index contributed by atoms with van der Waals surface area (Å²) in [7, 11) is -1.69. The topological polar surface area (TPSA) is 62.6 Å². The number of piperidine rings is 1. The van der Waals surface area contributed by atoms with Crippen molar-refractivity contribution in [3.05, 3.63) is 17.1 Å². The molecule has 1 aromatic heterocycles. The molecule has 6 heteroatoms. The Hall–Kier alpha value is -0.850. The van der Waals surface area contributed by atoms with Crippen LogP contribution in [-0.4, -0.2) is 32.9 Å². The van der Waals surface area contributed by atoms with Gasteiger partial charge in [-0.25, -0.2) is 8.42 Å². The van der Waals surface area contributed by atoms with Crippen LogP contribution in [0.4, 0.5) is 0 Å². The Kier molecular flexibility index (Phi) is 4.52. The standard InChI is InChI=1S/C15H26N2O3S/c1-11-13(9-16-5)14(12(2)20-11)21(18,19)17-8-6-7-15(3,4)10-17/h16H,6-10H2,1-5H3. The van der Waals surface area contributed by atoms with E-state index in [1.54, 1.807) is 11.2 Å². The number of rotatable bonds is 4. The van der Waals surface area contributed by atoms with Crippen LogP contribution in [0.2, 0.25) is 0 Å². The summed E-state index contributed by atoms with van der Waals surface area (Å²) in [5.41, 5.74) is 0.777. The van der Waals surface area contributed by atoms with Crippen molar-refractivity contribution in [3.8, 4) is 0 Å². The largest absolute Gasteiger partial charge is 0.465 e. The van der Waals surface area contributed by atoms with Gasteiger partial charge in [-0.2, -0.15) is 4.31 Å². The quantitative estimate of drug-likeness (QED) is 0.927. The lowest BCUT2D eigenvalue weighted by atomic mass is 9.85. The molecule has 1 aliphatic rings. The van der Waals surface area contributed by atoms with Crippen LogP contribution in [0, 0.1) is 19.3 Å². The monoisotopic (exact) mass is 314 g/mol. The number of aryl methyl sites for hydroxylation is 2. The van der Waals surface area contributed by atoms with Gasteiger partial charge in [-0.3, -0.25) is 0 Å². The Morgan fingerprint density at radius 2 is 1.95 bits per heavy atom. The highest BCUT2D eigenvalue weighted by Crippen LogP contribution is 2.35. The second-order valence-corrected chi connectivity index (χ2v) is 8.53. The molecule has 0 unspecified atom stereocenters. The van der Waals surface area contributed by atoms with E-state index in [2.05, 4.69) is 19.2 Å². The highest BCUT2D eigenvalue weighted by molar-refractivity contribution is 7.89. The summed E-state index contributed by atoms with van der Waals surface area (Å²) in [4.78, 5) is 0.354. The number of nitrogens with zero attached hydrogens (tertiary/aromatic N) is 1. The van der Waals surface area contributed by atoms with Gasteiger partial charge in [0.15, 0.2) is 0 Å². The maximum Gasteiger partial charge on any atom is 0.246 e. The van der Waals surface area contributed by atoms with Crippen LogP contribution in [0.15, 0.2) is 9.31 Å². The van der Waals surface area contributed by atoms with Crippen molar-refractivity contribution in [2.24, 2.45) is 5.41 Å². The third-order valence-electron chi connectivity index (χ3n) is 4.14. The second-order valence-electron chi connectivity index (χ2n) is 6.66. The number of hydrogen-bond donors (Lipinski definition) is 1. The van der Waals surface area contributed by atoms with Gasteiger partial charge in [-0.05, 0) is 39.2 Å². The molecule has 1 aromatic rings. The number of nitrogens with one attached hydrogen (secondary N) is 1. The van der Waals surface area contributed by atoms with Gasteiger partial charge >= 0.3 is 0 Å². The van der Waals surface area contributed by atoms with Crippen molar-refractivity contribution in [2.45, 2.75) is 52.0 Å². The fraction of sp³-hybridized carbons (Fsp3) is 0.733. The third kappa shape index (κ3) is 3.17. The molecule has 1 N–H and O–H groups in total. The molecule has 1 saturated heterocycles. The average molecular weight is 314 g/mol. The first kappa shape index (κ1) is 16.5. The van der Waals surface area contributed by atoms with E-state index in [0.717, 1.165) is 18.4 Å². The van der Waals surface area contributed by atoms with Crippen molar-refractivity contribution >= 4 is 10.0 Å². The second kappa shape index (κ2) is 5.74. The van der Waals surface area contributed by atoms with Crippen LogP contribution >= 0.6 is 0 Å². The van der Waals surface area contributed by atoms with Crippen molar-refractivity contribution in [2.75, 3.05) is 20.1 Å². The van der Waals surface area contributed by atoms with E-state index < -0.39 is 10.0 Å². The van der Waals surface area contributed by atoms with Gasteiger partial charge in [0.1, 0.15) is 16.4 Å². The Balaban J connectivity index is 2.44. The zero-order valence-corrected chi connectivity index (χ0v) is 14.4. The number of sulfonamides is 1. The van der Waals surface area contributed by atoms with Gasteiger partial charge in [0.05, 0.1) is 0 Å². The maximum absolute atomic E-state index is 13.0. The summed E-state index contributed by atoms with van der Waals surface area (Å²) < 4.78 is 33.3. The zero-order chi connectivity index (χ0) is 15.8. The molecule has 0 bridgehead atoms. The summed E-state index contributed by atoms with van der Waals surface area (Å²) in [6.45, 7) is 9.45. The van der Waals surface area contributed by atoms with Gasteiger partial charge in [-0.15, -0.1) is 0 Å². The molecule has 0 aromatic carbocycles. The zero-order valence-electron chi connectivity index (χ0n) is 13.6. The molecule has 0 spiro atoms. The first-order valence-corrected chi connectivity index (χ1v) is 8.87. The molecular weight excluding hydrogens is 288 g/mol. The summed E-state index contributed by atoms with van der Waals surface area (Å²) in [6.07, 6.45) is 1.97. The van der Waals surface area contributed by atoms with Crippen LogP contribution in [0.5, 0.6) is 0 Å². The Morgan fingerprint density at radius 3 is 2.52 bits per heavy atom. The maximum atomic E-state index is 13.0. The first-order valence-electron chi connectivity index (χ1n) is 7.42.